The molecule has 0 radical (unpaired) electrons. The second-order valence-corrected chi connectivity index (χ2v) is 7.65. The van der Waals surface area contributed by atoms with Crippen LogP contribution in [0.4, 0.5) is 10.2 Å². The summed E-state index contributed by atoms with van der Waals surface area (Å²) in [5.41, 5.74) is 1.08. The minimum Gasteiger partial charge on any atom is -0.365 e. The van der Waals surface area contributed by atoms with E-state index in [2.05, 4.69) is 30.4 Å². The number of nitriles is 1. The third-order valence-corrected chi connectivity index (χ3v) is 5.42. The first kappa shape index (κ1) is 20.5. The Kier molecular flexibility index (Phi) is 5.35. The Hall–Kier alpha value is -4.40. The quantitative estimate of drug-likeness (QED) is 0.491. The van der Waals surface area contributed by atoms with Gasteiger partial charge in [-0.3, -0.25) is 9.20 Å². The van der Waals surface area contributed by atoms with Crippen molar-refractivity contribution in [3.63, 3.8) is 0 Å². The molecule has 1 aliphatic rings. The van der Waals surface area contributed by atoms with Crippen molar-refractivity contribution in [2.45, 2.75) is 25.3 Å². The van der Waals surface area contributed by atoms with E-state index in [0.29, 0.717) is 41.9 Å². The average molecular weight is 446 g/mol. The predicted octanol–water partition coefficient (Wildman–Crippen LogP) is 1.83. The van der Waals surface area contributed by atoms with Crippen molar-refractivity contribution in [3.8, 4) is 23.4 Å². The smallest absolute Gasteiger partial charge is 0.236 e. The number of anilines is 1. The second kappa shape index (κ2) is 8.62. The normalized spacial score (nSPS) is 16.0. The lowest BCUT2D eigenvalue weighted by Crippen LogP contribution is -2.45. The fourth-order valence-electron chi connectivity index (χ4n) is 3.90. The highest BCUT2D eigenvalue weighted by molar-refractivity contribution is 5.78. The molecular weight excluding hydrogens is 427 g/mol. The first-order valence-corrected chi connectivity index (χ1v) is 10.4. The number of carbonyl (C=O) groups is 1. The van der Waals surface area contributed by atoms with Gasteiger partial charge in [0.05, 0.1) is 12.3 Å². The van der Waals surface area contributed by atoms with E-state index in [9.17, 15) is 9.18 Å². The molecule has 1 fully saturated rings. The van der Waals surface area contributed by atoms with Crippen LogP contribution in [0, 0.1) is 17.1 Å². The summed E-state index contributed by atoms with van der Waals surface area (Å²) in [6, 6.07) is 6.52. The summed E-state index contributed by atoms with van der Waals surface area (Å²) in [5, 5.41) is 16.4. The molecule has 0 spiro atoms. The van der Waals surface area contributed by atoms with E-state index in [4.69, 9.17) is 5.26 Å². The fourth-order valence-corrected chi connectivity index (χ4v) is 3.90. The Labute approximate surface area is 187 Å². The molecule has 1 aliphatic heterocycles. The monoisotopic (exact) mass is 446 g/mol. The molecule has 1 N–H and O–H groups in total. The highest BCUT2D eigenvalue weighted by atomic mass is 19.1. The van der Waals surface area contributed by atoms with E-state index in [1.807, 2.05) is 6.07 Å². The molecule has 4 aromatic heterocycles. The summed E-state index contributed by atoms with van der Waals surface area (Å²) in [5.74, 6) is 0.744. The number of fused-ring (bicyclic) bond motifs is 1. The van der Waals surface area contributed by atoms with Crippen LogP contribution < -0.4 is 5.32 Å². The maximum Gasteiger partial charge on any atom is 0.236 e. The highest BCUT2D eigenvalue weighted by Crippen LogP contribution is 2.23. The van der Waals surface area contributed by atoms with Gasteiger partial charge >= 0.3 is 0 Å². The summed E-state index contributed by atoms with van der Waals surface area (Å²) >= 11 is 0. The van der Waals surface area contributed by atoms with Gasteiger partial charge in [0, 0.05) is 31.4 Å². The first-order valence-electron chi connectivity index (χ1n) is 10.4. The lowest BCUT2D eigenvalue weighted by atomic mass is 10.1. The van der Waals surface area contributed by atoms with Crippen LogP contribution in [0.3, 0.4) is 0 Å². The number of hydrogen-bond donors (Lipinski definition) is 1. The molecule has 5 rings (SSSR count). The van der Waals surface area contributed by atoms with E-state index in [-0.39, 0.29) is 18.4 Å². The number of imidazole rings is 1. The molecule has 12 heteroatoms. The molecule has 5 heterocycles. The number of carbonyl (C=O) groups excluding carboxylic acids is 1. The van der Waals surface area contributed by atoms with Gasteiger partial charge in [-0.15, -0.1) is 0 Å². The van der Waals surface area contributed by atoms with Gasteiger partial charge in [0.1, 0.15) is 42.1 Å². The van der Waals surface area contributed by atoms with Crippen LogP contribution in [0.25, 0.3) is 23.0 Å². The molecule has 1 amide bonds. The molecule has 166 valence electrons. The lowest BCUT2D eigenvalue weighted by molar-refractivity contribution is -0.131. The van der Waals surface area contributed by atoms with Gasteiger partial charge in [0.2, 0.25) is 5.91 Å². The van der Waals surface area contributed by atoms with Crippen molar-refractivity contribution < 1.29 is 9.18 Å². The number of nitrogens with one attached hydrogen (secondary N) is 1. The van der Waals surface area contributed by atoms with Crippen molar-refractivity contribution in [2.24, 2.45) is 0 Å². The molecule has 1 saturated heterocycles. The largest absolute Gasteiger partial charge is 0.365 e. The van der Waals surface area contributed by atoms with Crippen LogP contribution in [0.15, 0.2) is 43.2 Å². The SMILES string of the molecule is N#CCC(=O)N1CCCC(Nc2cc(-n3cncn3)nc(-c3cnc4ccc(F)cn34)n2)C1. The number of piperidine rings is 1. The molecule has 1 unspecified atom stereocenters. The van der Waals surface area contributed by atoms with Crippen LogP contribution in [0.5, 0.6) is 0 Å². The minimum absolute atomic E-state index is 0.0487. The Morgan fingerprint density at radius 1 is 1.33 bits per heavy atom. The molecule has 11 nitrogen and oxygen atoms in total. The van der Waals surface area contributed by atoms with Crippen molar-refractivity contribution in [1.29, 1.82) is 5.26 Å². The Morgan fingerprint density at radius 2 is 2.24 bits per heavy atom. The Morgan fingerprint density at radius 3 is 3.06 bits per heavy atom. The number of pyridine rings is 1. The van der Waals surface area contributed by atoms with Gasteiger partial charge in [-0.25, -0.2) is 29.0 Å². The molecule has 0 aromatic carbocycles. The van der Waals surface area contributed by atoms with E-state index in [1.165, 1.54) is 29.6 Å². The van der Waals surface area contributed by atoms with Crippen molar-refractivity contribution in [1.82, 2.24) is 39.0 Å². The summed E-state index contributed by atoms with van der Waals surface area (Å²) in [7, 11) is 0. The van der Waals surface area contributed by atoms with Crippen molar-refractivity contribution >= 4 is 17.4 Å². The van der Waals surface area contributed by atoms with Gasteiger partial charge in [-0.2, -0.15) is 10.4 Å². The zero-order valence-electron chi connectivity index (χ0n) is 17.5. The molecule has 33 heavy (non-hydrogen) atoms. The number of hydrogen-bond acceptors (Lipinski definition) is 8. The number of rotatable bonds is 5. The fraction of sp³-hybridized carbons (Fsp3) is 0.286. The Bertz CT molecular complexity index is 1340. The molecule has 0 bridgehead atoms. The summed E-state index contributed by atoms with van der Waals surface area (Å²) in [6.07, 6.45) is 7.36. The molecule has 1 atom stereocenters. The van der Waals surface area contributed by atoms with Crippen molar-refractivity contribution in [3.05, 3.63) is 49.1 Å². The minimum atomic E-state index is -0.406. The predicted molar refractivity (Wildman–Crippen MR) is 115 cm³/mol. The van der Waals surface area contributed by atoms with E-state index in [0.717, 1.165) is 12.8 Å². The number of halogens is 1. The van der Waals surface area contributed by atoms with Gasteiger partial charge in [0.15, 0.2) is 11.6 Å². The third-order valence-electron chi connectivity index (χ3n) is 5.42. The number of likely N-dealkylation sites (tertiary alicyclic amines) is 1. The zero-order chi connectivity index (χ0) is 22.8. The number of aromatic nitrogens is 7. The maximum absolute atomic E-state index is 13.9. The topological polar surface area (TPSA) is 130 Å². The van der Waals surface area contributed by atoms with Gasteiger partial charge in [0.25, 0.3) is 0 Å². The van der Waals surface area contributed by atoms with E-state index in [1.54, 1.807) is 27.6 Å². The van der Waals surface area contributed by atoms with Crippen LogP contribution in [0.2, 0.25) is 0 Å². The van der Waals surface area contributed by atoms with Crippen LogP contribution in [0.1, 0.15) is 19.3 Å². The number of nitrogens with zero attached hydrogens (tertiary/aromatic N) is 9. The summed E-state index contributed by atoms with van der Waals surface area (Å²) < 4.78 is 17.0. The second-order valence-electron chi connectivity index (χ2n) is 7.65. The summed E-state index contributed by atoms with van der Waals surface area (Å²) in [4.78, 5) is 31.4. The Balaban J connectivity index is 1.50. The standard InChI is InChI=1S/C21H19FN10O/c22-14-3-4-18-25-9-16(31(18)10-14)21-28-17(8-19(29-21)32-13-24-12-26-32)27-15-2-1-7-30(11-15)20(33)5-6-23/h3-4,8-10,12-13,15H,1-2,5,7,11H2,(H,27,28,29). The summed E-state index contributed by atoms with van der Waals surface area (Å²) in [6.45, 7) is 1.10. The number of amides is 1. The van der Waals surface area contributed by atoms with Gasteiger partial charge < -0.3 is 10.2 Å². The first-order chi connectivity index (χ1) is 16.1. The van der Waals surface area contributed by atoms with Gasteiger partial charge in [-0.1, -0.05) is 0 Å². The molecule has 4 aromatic rings. The van der Waals surface area contributed by atoms with Crippen LogP contribution >= 0.6 is 0 Å². The molecule has 0 aliphatic carbocycles. The van der Waals surface area contributed by atoms with Gasteiger partial charge in [-0.05, 0) is 25.0 Å². The maximum atomic E-state index is 13.9. The lowest BCUT2D eigenvalue weighted by Gasteiger charge is -2.33. The van der Waals surface area contributed by atoms with E-state index >= 15 is 0 Å². The van der Waals surface area contributed by atoms with Crippen LogP contribution in [-0.2, 0) is 4.79 Å². The van der Waals surface area contributed by atoms with E-state index < -0.39 is 5.82 Å². The zero-order valence-corrected chi connectivity index (χ0v) is 17.5. The molecule has 0 saturated carbocycles. The molecular formula is C21H19FN10O. The van der Waals surface area contributed by atoms with Crippen molar-refractivity contribution in [2.75, 3.05) is 18.4 Å². The third kappa shape index (κ3) is 4.20. The highest BCUT2D eigenvalue weighted by Gasteiger charge is 2.24. The van der Waals surface area contributed by atoms with Crippen LogP contribution in [-0.4, -0.2) is 64.1 Å². The average Bonchev–Trinajstić information content (AvgIpc) is 3.49.